The molecule has 3 heteroatoms. The number of aliphatic imine (C=N–C) groups is 1. The molecule has 2 N–H and O–H groups in total. The zero-order valence-corrected chi connectivity index (χ0v) is 9.03. The van der Waals surface area contributed by atoms with Gasteiger partial charge in [-0.3, -0.25) is 4.99 Å². The highest BCUT2D eigenvalue weighted by atomic mass is 15.2. The van der Waals surface area contributed by atoms with Crippen LogP contribution in [0, 0.1) is 0 Å². The van der Waals surface area contributed by atoms with Gasteiger partial charge >= 0.3 is 0 Å². The summed E-state index contributed by atoms with van der Waals surface area (Å²) in [6, 6.07) is 10.9. The second kappa shape index (κ2) is 4.82. The molecule has 0 amide bonds. The van der Waals surface area contributed by atoms with Gasteiger partial charge in [0.05, 0.1) is 0 Å². The van der Waals surface area contributed by atoms with Crippen LogP contribution in [0.3, 0.4) is 0 Å². The summed E-state index contributed by atoms with van der Waals surface area (Å²) in [4.78, 5) is 4.39. The van der Waals surface area contributed by atoms with E-state index in [2.05, 4.69) is 46.8 Å². The van der Waals surface area contributed by atoms with Gasteiger partial charge in [0.1, 0.15) is 0 Å². The summed E-state index contributed by atoms with van der Waals surface area (Å²) in [5, 5.41) is 6.63. The molecule has 80 valence electrons. The molecule has 0 fully saturated rings. The van der Waals surface area contributed by atoms with Gasteiger partial charge in [-0.2, -0.15) is 0 Å². The molecule has 1 atom stereocenters. The Morgan fingerprint density at radius 2 is 2.20 bits per heavy atom. The van der Waals surface area contributed by atoms with Crippen molar-refractivity contribution in [2.24, 2.45) is 4.99 Å². The van der Waals surface area contributed by atoms with Crippen LogP contribution in [-0.2, 0) is 6.54 Å². The van der Waals surface area contributed by atoms with Crippen molar-refractivity contribution >= 4 is 5.96 Å². The molecule has 0 aliphatic carbocycles. The molecule has 1 aliphatic rings. The van der Waals surface area contributed by atoms with Gasteiger partial charge in [-0.05, 0) is 18.9 Å². The molecule has 1 unspecified atom stereocenters. The minimum Gasteiger partial charge on any atom is -0.354 e. The van der Waals surface area contributed by atoms with Gasteiger partial charge in [0.25, 0.3) is 0 Å². The fraction of sp³-hybridized carbons (Fsp3) is 0.417. The lowest BCUT2D eigenvalue weighted by Crippen LogP contribution is -2.45. The molecule has 2 rings (SSSR count). The van der Waals surface area contributed by atoms with Crippen molar-refractivity contribution < 1.29 is 0 Å². The van der Waals surface area contributed by atoms with Crippen molar-refractivity contribution in [2.75, 3.05) is 6.54 Å². The monoisotopic (exact) mass is 203 g/mol. The average Bonchev–Trinajstić information content (AvgIpc) is 2.28. The molecule has 15 heavy (non-hydrogen) atoms. The zero-order chi connectivity index (χ0) is 10.5. The van der Waals surface area contributed by atoms with E-state index in [-0.39, 0.29) is 0 Å². The van der Waals surface area contributed by atoms with Crippen LogP contribution < -0.4 is 10.6 Å². The first-order valence-corrected chi connectivity index (χ1v) is 5.43. The Morgan fingerprint density at radius 1 is 1.40 bits per heavy atom. The van der Waals surface area contributed by atoms with E-state index in [0.717, 1.165) is 25.5 Å². The standard InChI is InChI=1S/C12H17N3/c1-10-7-8-13-12(15-10)14-9-11-5-3-2-4-6-11/h2-6,10H,7-9H2,1H3,(H2,13,14,15). The largest absolute Gasteiger partial charge is 0.354 e. The predicted octanol–water partition coefficient (Wildman–Crippen LogP) is 1.51. The van der Waals surface area contributed by atoms with Gasteiger partial charge in [-0.15, -0.1) is 0 Å². The van der Waals surface area contributed by atoms with E-state index in [0.29, 0.717) is 6.04 Å². The number of guanidine groups is 1. The van der Waals surface area contributed by atoms with Gasteiger partial charge in [-0.25, -0.2) is 0 Å². The Kier molecular flexibility index (Phi) is 3.22. The van der Waals surface area contributed by atoms with Crippen molar-refractivity contribution in [1.82, 2.24) is 10.6 Å². The van der Waals surface area contributed by atoms with Gasteiger partial charge in [0.2, 0.25) is 0 Å². The normalized spacial score (nSPS) is 20.3. The lowest BCUT2D eigenvalue weighted by molar-refractivity contribution is 0.569. The molecule has 1 heterocycles. The van der Waals surface area contributed by atoms with Crippen molar-refractivity contribution in [3.8, 4) is 0 Å². The van der Waals surface area contributed by atoms with Crippen molar-refractivity contribution in [3.05, 3.63) is 35.9 Å². The molecule has 0 spiro atoms. The third-order valence-corrected chi connectivity index (χ3v) is 2.52. The molecule has 0 radical (unpaired) electrons. The second-order valence-electron chi connectivity index (χ2n) is 3.90. The zero-order valence-electron chi connectivity index (χ0n) is 9.03. The Morgan fingerprint density at radius 3 is 2.93 bits per heavy atom. The van der Waals surface area contributed by atoms with Crippen LogP contribution in [-0.4, -0.2) is 18.5 Å². The van der Waals surface area contributed by atoms with Crippen LogP contribution in [0.2, 0.25) is 0 Å². The molecule has 0 aromatic heterocycles. The molecule has 3 nitrogen and oxygen atoms in total. The highest BCUT2D eigenvalue weighted by molar-refractivity contribution is 5.80. The number of rotatable bonds is 2. The quantitative estimate of drug-likeness (QED) is 0.764. The number of benzene rings is 1. The summed E-state index contributed by atoms with van der Waals surface area (Å²) in [6.07, 6.45) is 1.12. The lowest BCUT2D eigenvalue weighted by atomic mass is 10.2. The van der Waals surface area contributed by atoms with E-state index in [1.165, 1.54) is 5.56 Å². The molecule has 0 saturated carbocycles. The van der Waals surface area contributed by atoms with E-state index in [9.17, 15) is 0 Å². The number of nitrogens with zero attached hydrogens (tertiary/aromatic N) is 1. The van der Waals surface area contributed by atoms with Crippen LogP contribution in [0.15, 0.2) is 35.3 Å². The smallest absolute Gasteiger partial charge is 0.191 e. The minimum atomic E-state index is 0.528. The first-order chi connectivity index (χ1) is 7.34. The Hall–Kier alpha value is -1.51. The Balaban J connectivity index is 1.86. The van der Waals surface area contributed by atoms with Crippen molar-refractivity contribution in [3.63, 3.8) is 0 Å². The summed E-state index contributed by atoms with van der Waals surface area (Å²) in [5.74, 6) is 0.928. The minimum absolute atomic E-state index is 0.528. The van der Waals surface area contributed by atoms with Gasteiger partial charge in [0.15, 0.2) is 5.96 Å². The highest BCUT2D eigenvalue weighted by Gasteiger charge is 2.09. The van der Waals surface area contributed by atoms with Gasteiger partial charge < -0.3 is 10.6 Å². The lowest BCUT2D eigenvalue weighted by Gasteiger charge is -2.21. The third kappa shape index (κ3) is 2.98. The van der Waals surface area contributed by atoms with Crippen LogP contribution in [0.1, 0.15) is 18.9 Å². The maximum atomic E-state index is 4.39. The fourth-order valence-electron chi connectivity index (χ4n) is 1.61. The first-order valence-electron chi connectivity index (χ1n) is 5.43. The predicted molar refractivity (Wildman–Crippen MR) is 62.8 cm³/mol. The topological polar surface area (TPSA) is 36.4 Å². The SMILES string of the molecule is CC1CCN=C(NCc2ccccc2)N1. The van der Waals surface area contributed by atoms with Crippen LogP contribution >= 0.6 is 0 Å². The van der Waals surface area contributed by atoms with Gasteiger partial charge in [-0.1, -0.05) is 30.3 Å². The average molecular weight is 203 g/mol. The highest BCUT2D eigenvalue weighted by Crippen LogP contribution is 2.00. The maximum absolute atomic E-state index is 4.39. The maximum Gasteiger partial charge on any atom is 0.191 e. The summed E-state index contributed by atoms with van der Waals surface area (Å²) in [6.45, 7) is 3.93. The Labute approximate surface area is 90.6 Å². The van der Waals surface area contributed by atoms with Crippen LogP contribution in [0.5, 0.6) is 0 Å². The van der Waals surface area contributed by atoms with E-state index in [1.807, 2.05) is 6.07 Å². The van der Waals surface area contributed by atoms with E-state index >= 15 is 0 Å². The molecule has 0 saturated heterocycles. The summed E-state index contributed by atoms with van der Waals surface area (Å²) >= 11 is 0. The molecule has 1 aliphatic heterocycles. The van der Waals surface area contributed by atoms with Crippen LogP contribution in [0.25, 0.3) is 0 Å². The number of hydrogen-bond acceptors (Lipinski definition) is 3. The number of hydrogen-bond donors (Lipinski definition) is 2. The molecule has 0 bridgehead atoms. The van der Waals surface area contributed by atoms with E-state index in [1.54, 1.807) is 0 Å². The van der Waals surface area contributed by atoms with E-state index in [4.69, 9.17) is 0 Å². The molecular weight excluding hydrogens is 186 g/mol. The number of nitrogens with one attached hydrogen (secondary N) is 2. The fourth-order valence-corrected chi connectivity index (χ4v) is 1.61. The summed E-state index contributed by atoms with van der Waals surface area (Å²) < 4.78 is 0. The second-order valence-corrected chi connectivity index (χ2v) is 3.90. The summed E-state index contributed by atoms with van der Waals surface area (Å²) in [7, 11) is 0. The van der Waals surface area contributed by atoms with Crippen LogP contribution in [0.4, 0.5) is 0 Å². The molecule has 1 aromatic rings. The van der Waals surface area contributed by atoms with Crippen molar-refractivity contribution in [1.29, 1.82) is 0 Å². The summed E-state index contributed by atoms with van der Waals surface area (Å²) in [5.41, 5.74) is 1.28. The van der Waals surface area contributed by atoms with E-state index < -0.39 is 0 Å². The Bertz CT molecular complexity index is 332. The first kappa shape index (κ1) is 10.0. The van der Waals surface area contributed by atoms with Crippen molar-refractivity contribution in [2.45, 2.75) is 25.9 Å². The van der Waals surface area contributed by atoms with Gasteiger partial charge in [0, 0.05) is 19.1 Å². The molecular formula is C12H17N3. The molecule has 1 aromatic carbocycles. The third-order valence-electron chi connectivity index (χ3n) is 2.52.